The molecule has 1 fully saturated rings. The number of thioether (sulfide) groups is 2. The molecule has 1 aromatic heterocycles. The summed E-state index contributed by atoms with van der Waals surface area (Å²) >= 11 is 2.04. The number of amides is 12. The van der Waals surface area contributed by atoms with Crippen LogP contribution in [0, 0.1) is 0 Å². The van der Waals surface area contributed by atoms with Crippen LogP contribution < -0.4 is 70.0 Å². The van der Waals surface area contributed by atoms with Crippen LogP contribution in [0.1, 0.15) is 147 Å². The van der Waals surface area contributed by atoms with E-state index in [-0.39, 0.29) is 80.0 Å². The van der Waals surface area contributed by atoms with Gasteiger partial charge in [0.25, 0.3) is 0 Å². The van der Waals surface area contributed by atoms with Gasteiger partial charge in [0.05, 0.1) is 24.5 Å². The van der Waals surface area contributed by atoms with E-state index in [0.717, 1.165) is 74.9 Å². The number of aliphatic hydroxyl groups is 5. The fourth-order valence-electron chi connectivity index (χ4n) is 12.0. The van der Waals surface area contributed by atoms with Crippen LogP contribution in [0.2, 0.25) is 0 Å². The molecule has 0 spiro atoms. The summed E-state index contributed by atoms with van der Waals surface area (Å²) in [5.74, 6) is -10.5. The predicted octanol–water partition coefficient (Wildman–Crippen LogP) is -0.564. The maximum atomic E-state index is 15.4. The van der Waals surface area contributed by atoms with Crippen molar-refractivity contribution in [3.63, 3.8) is 0 Å². The first-order chi connectivity index (χ1) is 52.6. The van der Waals surface area contributed by atoms with Crippen LogP contribution in [0.4, 0.5) is 0 Å². The van der Waals surface area contributed by atoms with Gasteiger partial charge in [0.2, 0.25) is 70.9 Å². The van der Waals surface area contributed by atoms with E-state index in [1.165, 1.54) is 45.0 Å². The lowest BCUT2D eigenvalue weighted by Gasteiger charge is -2.40. The normalized spacial score (nSPS) is 17.9. The highest BCUT2D eigenvalue weighted by atomic mass is 32.2. The van der Waals surface area contributed by atoms with Crippen molar-refractivity contribution in [2.75, 3.05) is 36.4 Å². The van der Waals surface area contributed by atoms with Gasteiger partial charge < -0.3 is 110 Å². The molecule has 0 aliphatic carbocycles. The van der Waals surface area contributed by atoms with Gasteiger partial charge in [-0.05, 0) is 74.0 Å². The summed E-state index contributed by atoms with van der Waals surface area (Å²) in [7, 11) is 0. The summed E-state index contributed by atoms with van der Waals surface area (Å²) in [6, 6.07) is 9.38. The Labute approximate surface area is 648 Å². The Kier molecular flexibility index (Phi) is 41.1. The van der Waals surface area contributed by atoms with Gasteiger partial charge in [0.15, 0.2) is 6.23 Å². The van der Waals surface area contributed by atoms with E-state index in [1.54, 1.807) is 60.8 Å². The van der Waals surface area contributed by atoms with Crippen LogP contribution in [0.15, 0.2) is 85.1 Å². The highest BCUT2D eigenvalue weighted by molar-refractivity contribution is 7.99. The van der Waals surface area contributed by atoms with Crippen molar-refractivity contribution in [2.24, 2.45) is 11.5 Å². The van der Waals surface area contributed by atoms with Gasteiger partial charge in [-0.25, -0.2) is 0 Å². The van der Waals surface area contributed by atoms with E-state index in [2.05, 4.69) is 70.4 Å². The Bertz CT molecular complexity index is 3600. The average molecular weight is 1580 g/mol. The number of carbonyl (C=O) groups is 12. The molecule has 5 rings (SSSR count). The fraction of sp³-hybridized carbons (Fsp3) is 0.573. The number of fused-ring (bicyclic) bond motifs is 1. The second-order valence-corrected chi connectivity index (χ2v) is 29.4. The van der Waals surface area contributed by atoms with Crippen LogP contribution in [-0.4, -0.2) is 228 Å². The number of unbranched alkanes of at least 4 members (excludes halogenated alkanes) is 10. The standard InChI is InChI=1S/C75H112N14O19S2/c1-5-6-7-8-9-10-11-12-13-17-26-53(81-61(95)32-33-62(96)88-75-66(99)65(98)64(97)60(39-90)108-75)68(101)83-55(35-47-22-15-14-16-23-47)71(104)87-58(40-109-42-79-45(3)92)73(106)84-56(36-48-28-30-50(94)31-29-48)70(103)85-57(37-49-38-78-52-25-19-18-24-51(49)52)72(105)82-54(27-20-21-34-76)69(102)86-59(41-110-43-80-46(4)93)74(107)89-63(44(2)91)67(77)100/h14-16,18-19,22-25,28-31,38,44,53-60,63-66,75,78,90-91,94,97-99H,5-13,17,20-21,26-27,32-37,39-43,76H2,1-4H3,(H2,77,100)(H,79,92)(H,80,93)(H,81,95)(H,82,105)(H,83,101)(H,84,106)(H,85,103)(H,86,102)(H,87,104)(H,88,96)(H,89,107)/t44-,53?,54+,55-,56+,57-,58+,59+,60-,63+,64-,65+,66-,75-/m1/s1. The second kappa shape index (κ2) is 49.3. The molecule has 14 atom stereocenters. The van der Waals surface area contributed by atoms with E-state index in [0.29, 0.717) is 46.9 Å². The van der Waals surface area contributed by atoms with Gasteiger partial charge in [-0.2, -0.15) is 0 Å². The molecule has 110 heavy (non-hydrogen) atoms. The first kappa shape index (κ1) is 91.7. The molecule has 0 radical (unpaired) electrons. The number of aromatic hydroxyl groups is 1. The number of para-hydroxylation sites is 1. The minimum Gasteiger partial charge on any atom is -0.508 e. The van der Waals surface area contributed by atoms with Crippen LogP contribution >= 0.6 is 23.5 Å². The van der Waals surface area contributed by atoms with Gasteiger partial charge in [0, 0.05) is 74.6 Å². The predicted molar refractivity (Wildman–Crippen MR) is 413 cm³/mol. The number of hydrogen-bond acceptors (Lipinski definition) is 22. The van der Waals surface area contributed by atoms with Crippen LogP contribution in [0.25, 0.3) is 10.9 Å². The van der Waals surface area contributed by atoms with Crippen molar-refractivity contribution in [2.45, 2.75) is 235 Å². The molecule has 3 aromatic carbocycles. The first-order valence-corrected chi connectivity index (χ1v) is 39.6. The number of primary amides is 1. The summed E-state index contributed by atoms with van der Waals surface area (Å²) in [4.78, 5) is 170. The zero-order valence-electron chi connectivity index (χ0n) is 62.8. The minimum atomic E-state index is -1.79. The number of nitrogens with two attached hydrogens (primary N) is 2. The zero-order valence-corrected chi connectivity index (χ0v) is 64.4. The monoisotopic (exact) mass is 1580 g/mol. The van der Waals surface area contributed by atoms with Gasteiger partial charge >= 0.3 is 0 Å². The second-order valence-electron chi connectivity index (χ2n) is 27.3. The first-order valence-electron chi connectivity index (χ1n) is 37.3. The molecule has 12 amide bonds. The number of rotatable bonds is 51. The molecule has 608 valence electrons. The third-order valence-electron chi connectivity index (χ3n) is 18.3. The number of H-pyrrole nitrogens is 1. The van der Waals surface area contributed by atoms with E-state index in [9.17, 15) is 69.0 Å². The minimum absolute atomic E-state index is 0.00410. The molecule has 4 aromatic rings. The van der Waals surface area contributed by atoms with Crippen LogP contribution in [0.5, 0.6) is 5.75 Å². The number of aromatic nitrogens is 1. The molecule has 2 heterocycles. The van der Waals surface area contributed by atoms with Crippen molar-refractivity contribution in [3.05, 3.63) is 102 Å². The Hall–Kier alpha value is -8.94. The van der Waals surface area contributed by atoms with Crippen molar-refractivity contribution in [3.8, 4) is 5.75 Å². The zero-order chi connectivity index (χ0) is 80.7. The Balaban J connectivity index is 1.48. The molecule has 22 N–H and O–H groups in total. The van der Waals surface area contributed by atoms with Crippen LogP contribution in [-0.2, 0) is 81.5 Å². The molecule has 33 nitrogen and oxygen atoms in total. The van der Waals surface area contributed by atoms with E-state index in [1.807, 2.05) is 0 Å². The van der Waals surface area contributed by atoms with Gasteiger partial charge in [-0.1, -0.05) is 132 Å². The quantitative estimate of drug-likeness (QED) is 0.0195. The maximum absolute atomic E-state index is 15.4. The third kappa shape index (κ3) is 32.6. The number of aliphatic hydroxyl groups excluding tert-OH is 5. The summed E-state index contributed by atoms with van der Waals surface area (Å²) in [5, 5.41) is 91.1. The Morgan fingerprint density at radius 2 is 0.964 bits per heavy atom. The van der Waals surface area contributed by atoms with Crippen molar-refractivity contribution in [1.82, 2.24) is 63.5 Å². The third-order valence-corrected chi connectivity index (χ3v) is 20.1. The lowest BCUT2D eigenvalue weighted by Crippen LogP contribution is -2.63. The van der Waals surface area contributed by atoms with E-state index < -0.39 is 170 Å². The summed E-state index contributed by atoms with van der Waals surface area (Å²) in [5.41, 5.74) is 13.5. The van der Waals surface area contributed by atoms with Crippen molar-refractivity contribution >= 4 is 105 Å². The lowest BCUT2D eigenvalue weighted by atomic mass is 9.98. The van der Waals surface area contributed by atoms with Gasteiger partial charge in [-0.15, -0.1) is 23.5 Å². The van der Waals surface area contributed by atoms with Crippen molar-refractivity contribution < 1.29 is 92.9 Å². The number of hydrogen-bond donors (Lipinski definition) is 20. The van der Waals surface area contributed by atoms with E-state index >= 15 is 19.2 Å². The molecule has 1 unspecified atom stereocenters. The molecular weight excluding hydrogens is 1470 g/mol. The summed E-state index contributed by atoms with van der Waals surface area (Å²) < 4.78 is 5.39. The number of phenols is 1. The molecule has 1 aliphatic rings. The Morgan fingerprint density at radius 3 is 1.48 bits per heavy atom. The maximum Gasteiger partial charge on any atom is 0.244 e. The molecule has 0 saturated carbocycles. The highest BCUT2D eigenvalue weighted by Crippen LogP contribution is 2.23. The number of phenolic OH excluding ortho intramolecular Hbond substituents is 1. The topological polar surface area (TPSA) is 536 Å². The molecular formula is C75H112N14O19S2. The molecule has 1 saturated heterocycles. The number of ether oxygens (including phenoxy) is 1. The summed E-state index contributed by atoms with van der Waals surface area (Å²) in [6.45, 7) is 5.36. The number of benzene rings is 3. The summed E-state index contributed by atoms with van der Waals surface area (Å²) in [6.07, 6.45) is 0.550. The van der Waals surface area contributed by atoms with Gasteiger partial charge in [-0.3, -0.25) is 57.5 Å². The van der Waals surface area contributed by atoms with Crippen LogP contribution in [0.3, 0.4) is 0 Å². The van der Waals surface area contributed by atoms with Gasteiger partial charge in [0.1, 0.15) is 78.5 Å². The number of aromatic amines is 1. The lowest BCUT2D eigenvalue weighted by molar-refractivity contribution is -0.236. The smallest absolute Gasteiger partial charge is 0.244 e. The Morgan fingerprint density at radius 1 is 0.518 bits per heavy atom. The average Bonchev–Trinajstić information content (AvgIpc) is 1.32. The van der Waals surface area contributed by atoms with E-state index in [4.69, 9.17) is 16.2 Å². The SMILES string of the molecule is CCCCCCCCCCCCC(NC(=O)CCC(=O)N[C@@H]1O[C@H](CO)[C@@H](O)[C@H](O)[C@H]1O)C(=O)N[C@H](Cc1ccccc1)C(=O)N[C@@H](CSCNC(C)=O)C(=O)N[C@@H](Cc1ccc(O)cc1)C(=O)N[C@H](Cc1c[nH]c2ccccc12)C(=O)N[C@@H](CCCCN)C(=O)N[C@@H](CSCNC(C)=O)C(=O)N[C@H](C(N)=O)[C@@H](C)O. The molecule has 35 heteroatoms. The number of carbonyl (C=O) groups excluding carboxylic acids is 12. The fourth-order valence-corrected chi connectivity index (χ4v) is 13.8. The highest BCUT2D eigenvalue weighted by Gasteiger charge is 2.44. The largest absolute Gasteiger partial charge is 0.508 e. The molecule has 1 aliphatic heterocycles. The molecule has 0 bridgehead atoms. The van der Waals surface area contributed by atoms with Crippen molar-refractivity contribution in [1.29, 1.82) is 0 Å². The number of nitrogens with one attached hydrogen (secondary N) is 12.